The highest BCUT2D eigenvalue weighted by molar-refractivity contribution is 6.32. The Morgan fingerprint density at radius 3 is 2.79 bits per heavy atom. The zero-order valence-electron chi connectivity index (χ0n) is 10.9. The first-order valence-corrected chi connectivity index (χ1v) is 6.29. The van der Waals surface area contributed by atoms with Gasteiger partial charge in [-0.1, -0.05) is 43.7 Å². The van der Waals surface area contributed by atoms with Crippen molar-refractivity contribution in [2.45, 2.75) is 19.8 Å². The van der Waals surface area contributed by atoms with E-state index in [1.807, 2.05) is 32.1 Å². The fourth-order valence-corrected chi connectivity index (χ4v) is 2.55. The van der Waals surface area contributed by atoms with Crippen molar-refractivity contribution in [3.8, 4) is 11.8 Å². The van der Waals surface area contributed by atoms with Crippen LogP contribution in [0, 0.1) is 16.7 Å². The summed E-state index contributed by atoms with van der Waals surface area (Å²) in [6, 6.07) is 7.63. The Morgan fingerprint density at radius 2 is 2.21 bits per heavy atom. The minimum atomic E-state index is -0.334. The second-order valence-corrected chi connectivity index (χ2v) is 5.52. The molecule has 3 nitrogen and oxygen atoms in total. The maximum atomic E-state index is 9.35. The SMILES string of the molecule is C=CC(C)(C)C1C(C#N)=C(N)Oc2c(Cl)cccc21. The lowest BCUT2D eigenvalue weighted by atomic mass is 9.70. The summed E-state index contributed by atoms with van der Waals surface area (Å²) >= 11 is 6.15. The largest absolute Gasteiger partial charge is 0.439 e. The maximum Gasteiger partial charge on any atom is 0.205 e. The number of benzene rings is 1. The third-order valence-electron chi connectivity index (χ3n) is 3.47. The molecule has 0 aliphatic carbocycles. The van der Waals surface area contributed by atoms with Gasteiger partial charge in [0.05, 0.1) is 10.6 Å². The van der Waals surface area contributed by atoms with E-state index in [2.05, 4.69) is 12.6 Å². The molecule has 0 saturated heterocycles. The zero-order chi connectivity index (χ0) is 14.2. The van der Waals surface area contributed by atoms with Gasteiger partial charge in [-0.25, -0.2) is 0 Å². The van der Waals surface area contributed by atoms with Crippen LogP contribution in [0.1, 0.15) is 25.3 Å². The number of para-hydroxylation sites is 1. The van der Waals surface area contributed by atoms with Crippen molar-refractivity contribution in [2.24, 2.45) is 11.1 Å². The summed E-state index contributed by atoms with van der Waals surface area (Å²) in [5, 5.41) is 9.84. The number of nitriles is 1. The lowest BCUT2D eigenvalue weighted by molar-refractivity contribution is 0.338. The van der Waals surface area contributed by atoms with Crippen molar-refractivity contribution < 1.29 is 4.74 Å². The van der Waals surface area contributed by atoms with Crippen molar-refractivity contribution in [3.63, 3.8) is 0 Å². The van der Waals surface area contributed by atoms with Crippen LogP contribution in [0.15, 0.2) is 42.3 Å². The number of nitrogens with zero attached hydrogens (tertiary/aromatic N) is 1. The lowest BCUT2D eigenvalue weighted by Gasteiger charge is -2.36. The van der Waals surface area contributed by atoms with E-state index in [0.717, 1.165) is 5.56 Å². The third kappa shape index (κ3) is 2.09. The van der Waals surface area contributed by atoms with Crippen LogP contribution >= 0.6 is 11.6 Å². The smallest absolute Gasteiger partial charge is 0.205 e. The highest BCUT2D eigenvalue weighted by Crippen LogP contribution is 2.50. The summed E-state index contributed by atoms with van der Waals surface area (Å²) in [4.78, 5) is 0. The van der Waals surface area contributed by atoms with Crippen molar-refractivity contribution >= 4 is 11.6 Å². The molecule has 98 valence electrons. The van der Waals surface area contributed by atoms with Crippen LogP contribution in [-0.4, -0.2) is 0 Å². The predicted octanol–water partition coefficient (Wildman–Crippen LogP) is 3.72. The second kappa shape index (κ2) is 4.64. The number of nitrogens with two attached hydrogens (primary N) is 1. The summed E-state index contributed by atoms with van der Waals surface area (Å²) in [5.41, 5.74) is 6.80. The summed E-state index contributed by atoms with van der Waals surface area (Å²) < 4.78 is 5.50. The molecule has 2 N–H and O–H groups in total. The third-order valence-corrected chi connectivity index (χ3v) is 3.76. The summed E-state index contributed by atoms with van der Waals surface area (Å²) in [7, 11) is 0. The van der Waals surface area contributed by atoms with Crippen molar-refractivity contribution in [2.75, 3.05) is 0 Å². The molecule has 1 aliphatic heterocycles. The number of hydrogen-bond donors (Lipinski definition) is 1. The molecule has 0 saturated carbocycles. The van der Waals surface area contributed by atoms with E-state index in [1.165, 1.54) is 0 Å². The number of rotatable bonds is 2. The molecule has 1 heterocycles. The Hall–Kier alpha value is -1.92. The van der Waals surface area contributed by atoms with Crippen LogP contribution < -0.4 is 10.5 Å². The van der Waals surface area contributed by atoms with E-state index in [9.17, 15) is 5.26 Å². The van der Waals surface area contributed by atoms with Crippen molar-refractivity contribution in [1.29, 1.82) is 5.26 Å². The van der Waals surface area contributed by atoms with Crippen LogP contribution in [0.3, 0.4) is 0 Å². The molecule has 0 amide bonds. The standard InChI is InChI=1S/C15H15ClN2O/c1-4-15(2,3)12-9-6-5-7-11(16)13(9)19-14(18)10(12)8-17/h4-7,12H,1,18H2,2-3H3. The van der Waals surface area contributed by atoms with Gasteiger partial charge in [0.1, 0.15) is 6.07 Å². The first-order chi connectivity index (χ1) is 8.92. The van der Waals surface area contributed by atoms with Crippen LogP contribution in [0.2, 0.25) is 5.02 Å². The van der Waals surface area contributed by atoms with Gasteiger partial charge >= 0.3 is 0 Å². The van der Waals surface area contributed by atoms with Gasteiger partial charge in [-0.05, 0) is 11.5 Å². The number of ether oxygens (including phenoxy) is 1. The molecular formula is C15H15ClN2O. The van der Waals surface area contributed by atoms with E-state index in [1.54, 1.807) is 6.07 Å². The van der Waals surface area contributed by atoms with E-state index < -0.39 is 0 Å². The first kappa shape index (κ1) is 13.5. The highest BCUT2D eigenvalue weighted by atomic mass is 35.5. The normalized spacial score (nSPS) is 18.3. The Balaban J connectivity index is 2.73. The molecule has 0 fully saturated rings. The number of halogens is 1. The Bertz CT molecular complexity index is 611. The van der Waals surface area contributed by atoms with E-state index in [-0.39, 0.29) is 17.2 Å². The van der Waals surface area contributed by atoms with Gasteiger partial charge in [-0.3, -0.25) is 0 Å². The Labute approximate surface area is 117 Å². The summed E-state index contributed by atoms with van der Waals surface area (Å²) in [6.45, 7) is 7.86. The van der Waals surface area contributed by atoms with E-state index in [4.69, 9.17) is 22.1 Å². The number of allylic oxidation sites excluding steroid dienone is 2. The van der Waals surface area contributed by atoms with E-state index in [0.29, 0.717) is 16.3 Å². The fraction of sp³-hybridized carbons (Fsp3) is 0.267. The molecular weight excluding hydrogens is 260 g/mol. The van der Waals surface area contributed by atoms with Crippen LogP contribution in [0.4, 0.5) is 0 Å². The van der Waals surface area contributed by atoms with Crippen molar-refractivity contribution in [3.05, 3.63) is 52.9 Å². The highest BCUT2D eigenvalue weighted by Gasteiger charge is 2.39. The molecule has 0 spiro atoms. The van der Waals surface area contributed by atoms with Crippen LogP contribution in [0.25, 0.3) is 0 Å². The monoisotopic (exact) mass is 274 g/mol. The quantitative estimate of drug-likeness (QED) is 0.836. The molecule has 0 radical (unpaired) electrons. The van der Waals surface area contributed by atoms with Gasteiger partial charge < -0.3 is 10.5 Å². The molecule has 4 heteroatoms. The first-order valence-electron chi connectivity index (χ1n) is 5.92. The molecule has 1 aromatic carbocycles. The molecule has 1 unspecified atom stereocenters. The zero-order valence-corrected chi connectivity index (χ0v) is 11.7. The maximum absolute atomic E-state index is 9.35. The van der Waals surface area contributed by atoms with Gasteiger partial charge in [0.25, 0.3) is 0 Å². The number of fused-ring (bicyclic) bond motifs is 1. The van der Waals surface area contributed by atoms with Gasteiger partial charge in [0, 0.05) is 11.5 Å². The molecule has 19 heavy (non-hydrogen) atoms. The molecule has 0 aromatic heterocycles. The number of hydrogen-bond acceptors (Lipinski definition) is 3. The predicted molar refractivity (Wildman–Crippen MR) is 75.6 cm³/mol. The topological polar surface area (TPSA) is 59.0 Å². The van der Waals surface area contributed by atoms with E-state index >= 15 is 0 Å². The summed E-state index contributed by atoms with van der Waals surface area (Å²) in [6.07, 6.45) is 1.82. The Morgan fingerprint density at radius 1 is 1.53 bits per heavy atom. The minimum absolute atomic E-state index is 0.114. The fourth-order valence-electron chi connectivity index (χ4n) is 2.33. The summed E-state index contributed by atoms with van der Waals surface area (Å²) in [5.74, 6) is 0.432. The lowest BCUT2D eigenvalue weighted by Crippen LogP contribution is -2.29. The molecule has 2 rings (SSSR count). The van der Waals surface area contributed by atoms with Crippen LogP contribution in [-0.2, 0) is 0 Å². The van der Waals surface area contributed by atoms with Gasteiger partial charge in [-0.15, -0.1) is 6.58 Å². The van der Waals surface area contributed by atoms with Crippen LogP contribution in [0.5, 0.6) is 5.75 Å². The van der Waals surface area contributed by atoms with Gasteiger partial charge in [0.15, 0.2) is 5.75 Å². The minimum Gasteiger partial charge on any atom is -0.439 e. The molecule has 1 atom stereocenters. The average molecular weight is 275 g/mol. The van der Waals surface area contributed by atoms with Gasteiger partial charge in [0.2, 0.25) is 5.88 Å². The van der Waals surface area contributed by atoms with Crippen molar-refractivity contribution in [1.82, 2.24) is 0 Å². The Kier molecular flexibility index (Phi) is 3.30. The van der Waals surface area contributed by atoms with Gasteiger partial charge in [-0.2, -0.15) is 5.26 Å². The molecule has 1 aromatic rings. The average Bonchev–Trinajstić information content (AvgIpc) is 2.38. The molecule has 0 bridgehead atoms. The molecule has 1 aliphatic rings. The second-order valence-electron chi connectivity index (χ2n) is 5.11.